The molecule has 5 heterocycles. The molecule has 3 aliphatic rings. The minimum Gasteiger partial charge on any atom is -0.493 e. The highest BCUT2D eigenvalue weighted by Crippen LogP contribution is 2.36. The normalized spacial score (nSPS) is 19.9. The number of hydrogen-bond donors (Lipinski definition) is 0. The molecule has 0 aliphatic carbocycles. The number of methoxy groups -OCH3 is 2. The zero-order valence-electron chi connectivity index (χ0n) is 30.0. The van der Waals surface area contributed by atoms with Gasteiger partial charge in [0.05, 0.1) is 30.9 Å². The van der Waals surface area contributed by atoms with E-state index in [0.29, 0.717) is 57.4 Å². The third-order valence-electron chi connectivity index (χ3n) is 10.3. The van der Waals surface area contributed by atoms with Crippen molar-refractivity contribution in [3.63, 3.8) is 0 Å². The van der Waals surface area contributed by atoms with E-state index in [9.17, 15) is 9.59 Å². The van der Waals surface area contributed by atoms with Crippen LogP contribution in [0.4, 0.5) is 0 Å². The van der Waals surface area contributed by atoms with E-state index in [-0.39, 0.29) is 24.6 Å². The second kappa shape index (κ2) is 17.0. The monoisotopic (exact) mass is 765 g/mol. The summed E-state index contributed by atoms with van der Waals surface area (Å²) in [5.74, 6) is 0.670. The lowest BCUT2D eigenvalue weighted by molar-refractivity contribution is -0.166. The number of carbonyl (C=O) groups is 2. The van der Waals surface area contributed by atoms with Gasteiger partial charge in [-0.25, -0.2) is 4.79 Å². The Kier molecular flexibility index (Phi) is 12.4. The molecule has 276 valence electrons. The van der Waals surface area contributed by atoms with Crippen LogP contribution in [-0.4, -0.2) is 86.9 Å². The maximum absolute atomic E-state index is 14.0. The van der Waals surface area contributed by atoms with Crippen molar-refractivity contribution in [2.45, 2.75) is 50.2 Å². The molecule has 0 saturated carbocycles. The number of carbonyl (C=O) groups excluding carboxylic acids is 2. The van der Waals surface area contributed by atoms with Gasteiger partial charge in [-0.1, -0.05) is 59.6 Å². The first-order valence-electron chi connectivity index (χ1n) is 17.5. The number of nitrogens with zero attached hydrogens (tertiary/aromatic N) is 3. The molecule has 2 aromatic carbocycles. The highest BCUT2D eigenvalue weighted by molar-refractivity contribution is 7.13. The quantitative estimate of drug-likeness (QED) is 0.113. The fourth-order valence-corrected chi connectivity index (χ4v) is 8.83. The van der Waals surface area contributed by atoms with Gasteiger partial charge < -0.3 is 18.9 Å². The molecule has 0 radical (unpaired) electrons. The largest absolute Gasteiger partial charge is 0.493 e. The number of pyridine rings is 1. The molecule has 2 aromatic heterocycles. The molecule has 1 unspecified atom stereocenters. The summed E-state index contributed by atoms with van der Waals surface area (Å²) in [7, 11) is 5.14. The van der Waals surface area contributed by atoms with E-state index in [1.807, 2.05) is 68.6 Å². The first kappa shape index (κ1) is 38.1. The topological polar surface area (TPSA) is 90.4 Å². The summed E-state index contributed by atoms with van der Waals surface area (Å²) in [4.78, 5) is 37.5. The standard InChI is InChI=1S/C40H45Cl2N3O6S/c1-40(29-8-6-5-7-9-29,39(47)51-36-23-45-16-14-26(36)15-17-45)25-44(2)22-30-11-13-37(52-30)38(46)50-24-28(18-31-32(41)20-43-21-33(31)42)27-10-12-34(48-3)35(19-27)49-4/h5-13,19-21,26,28,36H,14-18,22-25H2,1-4H3/t28-,36+,40?/m1/s1. The molecule has 3 fully saturated rings. The number of ether oxygens (including phenoxy) is 4. The summed E-state index contributed by atoms with van der Waals surface area (Å²) in [6.07, 6.45) is 5.59. The Bertz CT molecular complexity index is 1830. The van der Waals surface area contributed by atoms with E-state index in [0.717, 1.165) is 48.5 Å². The molecule has 0 amide bonds. The Hall–Kier alpha value is -3.67. The van der Waals surface area contributed by atoms with Crippen LogP contribution >= 0.6 is 34.5 Å². The molecule has 3 saturated heterocycles. The number of piperidine rings is 3. The number of thiophene rings is 1. The number of rotatable bonds is 15. The summed E-state index contributed by atoms with van der Waals surface area (Å²) in [6, 6.07) is 19.2. The van der Waals surface area contributed by atoms with Gasteiger partial charge in [-0.2, -0.15) is 0 Å². The average molecular weight is 767 g/mol. The van der Waals surface area contributed by atoms with Crippen molar-refractivity contribution >= 4 is 46.5 Å². The average Bonchev–Trinajstić information content (AvgIpc) is 3.63. The molecule has 52 heavy (non-hydrogen) atoms. The third-order valence-corrected chi connectivity index (χ3v) is 12.0. The number of benzene rings is 2. The summed E-state index contributed by atoms with van der Waals surface area (Å²) < 4.78 is 23.2. The number of halogens is 2. The lowest BCUT2D eigenvalue weighted by Gasteiger charge is -2.45. The van der Waals surface area contributed by atoms with Crippen molar-refractivity contribution < 1.29 is 28.5 Å². The molecule has 0 N–H and O–H groups in total. The molecule has 7 rings (SSSR count). The number of esters is 2. The van der Waals surface area contributed by atoms with E-state index in [4.69, 9.17) is 42.1 Å². The van der Waals surface area contributed by atoms with Crippen LogP contribution in [0, 0.1) is 5.92 Å². The first-order chi connectivity index (χ1) is 25.1. The minimum absolute atomic E-state index is 0.0702. The maximum Gasteiger partial charge on any atom is 0.348 e. The third kappa shape index (κ3) is 8.75. The van der Waals surface area contributed by atoms with Crippen LogP contribution in [0.2, 0.25) is 10.0 Å². The van der Waals surface area contributed by atoms with Crippen LogP contribution in [0.25, 0.3) is 0 Å². The van der Waals surface area contributed by atoms with Gasteiger partial charge in [0.2, 0.25) is 0 Å². The molecule has 3 aliphatic heterocycles. The first-order valence-corrected chi connectivity index (χ1v) is 19.1. The van der Waals surface area contributed by atoms with Crippen molar-refractivity contribution in [1.82, 2.24) is 14.8 Å². The fourth-order valence-electron chi connectivity index (χ4n) is 7.33. The van der Waals surface area contributed by atoms with Crippen molar-refractivity contribution in [3.05, 3.63) is 110 Å². The minimum atomic E-state index is -0.874. The number of hydrogen-bond acceptors (Lipinski definition) is 10. The van der Waals surface area contributed by atoms with Crippen LogP contribution in [-0.2, 0) is 32.6 Å². The highest BCUT2D eigenvalue weighted by atomic mass is 35.5. The molecular weight excluding hydrogens is 721 g/mol. The summed E-state index contributed by atoms with van der Waals surface area (Å²) in [5.41, 5.74) is 1.63. The van der Waals surface area contributed by atoms with Crippen LogP contribution in [0.5, 0.6) is 11.5 Å². The molecule has 9 nitrogen and oxygen atoms in total. The maximum atomic E-state index is 14.0. The van der Waals surface area contributed by atoms with E-state index >= 15 is 0 Å². The number of fused-ring (bicyclic) bond motifs is 3. The fraction of sp³-hybridized carbons (Fsp3) is 0.425. The SMILES string of the molecule is COc1ccc([C@@H](COC(=O)c2ccc(CN(C)CC(C)(C(=O)O[C@H]3CN4CCC3CC4)c3ccccc3)s2)Cc2c(Cl)cncc2Cl)cc1OC. The number of aromatic nitrogens is 1. The second-order valence-corrected chi connectivity index (χ2v) is 15.9. The Morgan fingerprint density at radius 3 is 2.37 bits per heavy atom. The molecule has 2 bridgehead atoms. The van der Waals surface area contributed by atoms with Crippen molar-refractivity contribution in [2.24, 2.45) is 5.92 Å². The zero-order valence-corrected chi connectivity index (χ0v) is 32.3. The lowest BCUT2D eigenvalue weighted by Crippen LogP contribution is -2.54. The Morgan fingerprint density at radius 1 is 1.00 bits per heavy atom. The van der Waals surface area contributed by atoms with Gasteiger partial charge in [0, 0.05) is 42.8 Å². The van der Waals surface area contributed by atoms with Crippen molar-refractivity contribution in [3.8, 4) is 11.5 Å². The van der Waals surface area contributed by atoms with Crippen LogP contribution in [0.15, 0.2) is 73.1 Å². The molecule has 4 aromatic rings. The lowest BCUT2D eigenvalue weighted by atomic mass is 9.81. The summed E-state index contributed by atoms with van der Waals surface area (Å²) in [6.45, 7) is 6.02. The van der Waals surface area contributed by atoms with Gasteiger partial charge in [-0.15, -0.1) is 11.3 Å². The highest BCUT2D eigenvalue weighted by Gasteiger charge is 2.43. The summed E-state index contributed by atoms with van der Waals surface area (Å²) in [5, 5.41) is 0.874. The van der Waals surface area contributed by atoms with Gasteiger partial charge in [0.1, 0.15) is 16.4 Å². The smallest absolute Gasteiger partial charge is 0.348 e. The zero-order chi connectivity index (χ0) is 36.8. The second-order valence-electron chi connectivity index (χ2n) is 13.9. The van der Waals surface area contributed by atoms with Crippen LogP contribution in [0.3, 0.4) is 0 Å². The van der Waals surface area contributed by atoms with Gasteiger partial charge in [-0.05, 0) is 93.2 Å². The predicted molar refractivity (Wildman–Crippen MR) is 204 cm³/mol. The van der Waals surface area contributed by atoms with E-state index in [2.05, 4.69) is 14.8 Å². The van der Waals surface area contributed by atoms with Gasteiger partial charge in [0.25, 0.3) is 0 Å². The van der Waals surface area contributed by atoms with Gasteiger partial charge in [-0.3, -0.25) is 19.6 Å². The van der Waals surface area contributed by atoms with Crippen molar-refractivity contribution in [1.29, 1.82) is 0 Å². The van der Waals surface area contributed by atoms with E-state index < -0.39 is 11.4 Å². The summed E-state index contributed by atoms with van der Waals surface area (Å²) >= 11 is 14.4. The Morgan fingerprint density at radius 2 is 1.71 bits per heavy atom. The Labute approximate surface area is 319 Å². The molecular formula is C40H45Cl2N3O6S. The van der Waals surface area contributed by atoms with Gasteiger partial charge in [0.15, 0.2) is 11.5 Å². The predicted octanol–water partition coefficient (Wildman–Crippen LogP) is 7.68. The molecule has 12 heteroatoms. The van der Waals surface area contributed by atoms with Crippen LogP contribution < -0.4 is 9.47 Å². The van der Waals surface area contributed by atoms with Crippen molar-refractivity contribution in [2.75, 3.05) is 54.1 Å². The molecule has 3 atom stereocenters. The van der Waals surface area contributed by atoms with Gasteiger partial charge >= 0.3 is 11.9 Å². The van der Waals surface area contributed by atoms with E-state index in [1.165, 1.54) is 11.3 Å². The van der Waals surface area contributed by atoms with E-state index in [1.54, 1.807) is 32.7 Å². The number of likely N-dealkylation sites (N-methyl/N-ethyl adjacent to an activating group) is 1. The molecule has 0 spiro atoms. The Balaban J connectivity index is 1.13. The van der Waals surface area contributed by atoms with Crippen LogP contribution in [0.1, 0.15) is 56.9 Å².